The van der Waals surface area contributed by atoms with Gasteiger partial charge in [0, 0.05) is 16.0 Å². The molecule has 3 rings (SSSR count). The topological polar surface area (TPSA) is 78.8 Å². The van der Waals surface area contributed by atoms with Gasteiger partial charge in [-0.15, -0.1) is 11.3 Å². The molecule has 0 aliphatic heterocycles. The molecule has 0 atom stereocenters. The number of nitrogens with zero attached hydrogens (tertiary/aromatic N) is 1. The average Bonchev–Trinajstić information content (AvgIpc) is 3.10. The molecule has 4 nitrogen and oxygen atoms in total. The highest BCUT2D eigenvalue weighted by atomic mass is 35.5. The van der Waals surface area contributed by atoms with E-state index in [1.165, 1.54) is 23.5 Å². The van der Waals surface area contributed by atoms with Crippen LogP contribution in [0.3, 0.4) is 0 Å². The monoisotopic (exact) mass is 418 g/mol. The van der Waals surface area contributed by atoms with Crippen LogP contribution in [0, 0.1) is 12.7 Å². The third kappa shape index (κ3) is 3.70. The van der Waals surface area contributed by atoms with Crippen LogP contribution in [0.1, 0.15) is 30.0 Å². The van der Waals surface area contributed by atoms with Crippen molar-refractivity contribution in [2.24, 2.45) is 10.9 Å². The maximum atomic E-state index is 14.2. The fourth-order valence-electron chi connectivity index (χ4n) is 3.21. The van der Waals surface area contributed by atoms with Gasteiger partial charge < -0.3 is 16.0 Å². The molecule has 0 bridgehead atoms. The van der Waals surface area contributed by atoms with Crippen molar-refractivity contribution in [2.75, 3.05) is 0 Å². The van der Waals surface area contributed by atoms with Crippen LogP contribution in [0.15, 0.2) is 40.9 Å². The smallest absolute Gasteiger partial charge is 0.170 e. The lowest BCUT2D eigenvalue weighted by atomic mass is 9.89. The number of phenolic OH excluding ortho intramolecular Hbond substituents is 1. The van der Waals surface area contributed by atoms with E-state index >= 15 is 0 Å². The van der Waals surface area contributed by atoms with Crippen LogP contribution in [-0.4, -0.2) is 16.1 Å². The quantitative estimate of drug-likeness (QED) is 0.208. The van der Waals surface area contributed by atoms with E-state index in [4.69, 9.17) is 17.3 Å². The summed E-state index contributed by atoms with van der Waals surface area (Å²) in [7, 11) is 0. The minimum Gasteiger partial charge on any atom is -0.504 e. The van der Waals surface area contributed by atoms with Crippen molar-refractivity contribution in [3.8, 4) is 27.3 Å². The molecule has 0 radical (unpaired) electrons. The Hall–Kier alpha value is -2.57. The fraction of sp³-hybridized carbons (Fsp3) is 0.190. The molecule has 2 aromatic carbocycles. The van der Waals surface area contributed by atoms with Crippen molar-refractivity contribution in [2.45, 2.75) is 26.7 Å². The number of halogens is 2. The van der Waals surface area contributed by atoms with Crippen molar-refractivity contribution in [3.63, 3.8) is 0 Å². The second-order valence-electron chi connectivity index (χ2n) is 6.52. The molecule has 1 heterocycles. The Labute approximate surface area is 171 Å². The van der Waals surface area contributed by atoms with Crippen LogP contribution in [-0.2, 0) is 6.42 Å². The molecule has 3 aromatic rings. The van der Waals surface area contributed by atoms with Gasteiger partial charge in [0.1, 0.15) is 0 Å². The number of amidine groups is 1. The van der Waals surface area contributed by atoms with Gasteiger partial charge in [-0.2, -0.15) is 0 Å². The highest BCUT2D eigenvalue weighted by Gasteiger charge is 2.21. The Morgan fingerprint density at radius 2 is 2.04 bits per heavy atom. The van der Waals surface area contributed by atoms with E-state index in [-0.39, 0.29) is 10.9 Å². The van der Waals surface area contributed by atoms with Crippen LogP contribution < -0.4 is 5.73 Å². The summed E-state index contributed by atoms with van der Waals surface area (Å²) in [5, 5.41) is 24.1. The van der Waals surface area contributed by atoms with Gasteiger partial charge in [0.05, 0.1) is 5.02 Å². The number of hydrogen-bond donors (Lipinski definition) is 3. The zero-order chi connectivity index (χ0) is 20.4. The Balaban J connectivity index is 2.43. The second-order valence-corrected chi connectivity index (χ2v) is 7.85. The van der Waals surface area contributed by atoms with Gasteiger partial charge in [0.25, 0.3) is 0 Å². The van der Waals surface area contributed by atoms with Gasteiger partial charge >= 0.3 is 0 Å². The standard InChI is InChI=1S/C21H20ClFN2O2S/c1-3-4-12-7-14(13-9-16(22)19(26)17(23)10-13)18(15(8-12)21(24)25-27)20-11(2)5-6-28-20/h5-10,26-27H,3-4H2,1-2H3,(H2,24,25). The molecule has 0 fully saturated rings. The number of rotatable bonds is 5. The first-order valence-electron chi connectivity index (χ1n) is 8.75. The summed E-state index contributed by atoms with van der Waals surface area (Å²) in [6.07, 6.45) is 1.67. The van der Waals surface area contributed by atoms with Crippen molar-refractivity contribution >= 4 is 28.8 Å². The van der Waals surface area contributed by atoms with Crippen molar-refractivity contribution < 1.29 is 14.7 Å². The van der Waals surface area contributed by atoms with Crippen LogP contribution in [0.4, 0.5) is 4.39 Å². The lowest BCUT2D eigenvalue weighted by Crippen LogP contribution is -2.15. The lowest BCUT2D eigenvalue weighted by Gasteiger charge is -2.18. The van der Waals surface area contributed by atoms with Gasteiger partial charge in [-0.05, 0) is 65.2 Å². The van der Waals surface area contributed by atoms with E-state index in [2.05, 4.69) is 12.1 Å². The molecule has 7 heteroatoms. The first kappa shape index (κ1) is 20.2. The van der Waals surface area contributed by atoms with Crippen LogP contribution >= 0.6 is 22.9 Å². The minimum atomic E-state index is -0.803. The van der Waals surface area contributed by atoms with E-state index in [1.54, 1.807) is 0 Å². The summed E-state index contributed by atoms with van der Waals surface area (Å²) >= 11 is 7.55. The number of benzene rings is 2. The molecular weight excluding hydrogens is 399 g/mol. The van der Waals surface area contributed by atoms with E-state index < -0.39 is 11.6 Å². The van der Waals surface area contributed by atoms with E-state index in [0.717, 1.165) is 34.4 Å². The molecule has 0 unspecified atom stereocenters. The SMILES string of the molecule is CCCc1cc(/C(N)=N/O)c(-c2sccc2C)c(-c2cc(F)c(O)c(Cl)c2)c1. The van der Waals surface area contributed by atoms with Gasteiger partial charge in [-0.25, -0.2) is 4.39 Å². The van der Waals surface area contributed by atoms with Gasteiger partial charge in [0.15, 0.2) is 17.4 Å². The zero-order valence-corrected chi connectivity index (χ0v) is 17.0. The molecule has 0 aliphatic rings. The Kier molecular flexibility index (Phi) is 5.91. The largest absolute Gasteiger partial charge is 0.504 e. The van der Waals surface area contributed by atoms with Crippen molar-refractivity contribution in [3.05, 3.63) is 63.2 Å². The Morgan fingerprint density at radius 1 is 1.29 bits per heavy atom. The molecule has 0 spiro atoms. The molecule has 0 saturated heterocycles. The third-order valence-corrected chi connectivity index (χ3v) is 5.86. The van der Waals surface area contributed by atoms with Crippen LogP contribution in [0.5, 0.6) is 5.75 Å². The minimum absolute atomic E-state index is 0.0210. The van der Waals surface area contributed by atoms with Crippen molar-refractivity contribution in [1.82, 2.24) is 0 Å². The third-order valence-electron chi connectivity index (χ3n) is 4.54. The fourth-order valence-corrected chi connectivity index (χ4v) is 4.42. The number of oxime groups is 1. The van der Waals surface area contributed by atoms with Crippen LogP contribution in [0.25, 0.3) is 21.6 Å². The Morgan fingerprint density at radius 3 is 2.61 bits per heavy atom. The lowest BCUT2D eigenvalue weighted by molar-refractivity contribution is 0.318. The van der Waals surface area contributed by atoms with E-state index in [9.17, 15) is 14.7 Å². The molecule has 146 valence electrons. The molecule has 0 aliphatic carbocycles. The number of hydrogen-bond acceptors (Lipinski definition) is 4. The number of phenols is 1. The second kappa shape index (κ2) is 8.20. The first-order chi connectivity index (χ1) is 13.4. The summed E-state index contributed by atoms with van der Waals surface area (Å²) in [6.45, 7) is 4.02. The normalized spacial score (nSPS) is 11.8. The summed E-state index contributed by atoms with van der Waals surface area (Å²) in [4.78, 5) is 0.934. The van der Waals surface area contributed by atoms with Gasteiger partial charge in [-0.3, -0.25) is 0 Å². The summed E-state index contributed by atoms with van der Waals surface area (Å²) < 4.78 is 14.2. The number of aromatic hydroxyl groups is 1. The average molecular weight is 419 g/mol. The number of thiophene rings is 1. The predicted molar refractivity (Wildman–Crippen MR) is 113 cm³/mol. The van der Waals surface area contributed by atoms with Gasteiger partial charge in [-0.1, -0.05) is 36.2 Å². The molecule has 4 N–H and O–H groups in total. The molecule has 0 saturated carbocycles. The van der Waals surface area contributed by atoms with Crippen LogP contribution in [0.2, 0.25) is 5.02 Å². The zero-order valence-electron chi connectivity index (χ0n) is 15.5. The van der Waals surface area contributed by atoms with Gasteiger partial charge in [0.2, 0.25) is 0 Å². The maximum absolute atomic E-state index is 14.2. The highest BCUT2D eigenvalue weighted by molar-refractivity contribution is 7.13. The molecule has 28 heavy (non-hydrogen) atoms. The molecule has 0 amide bonds. The number of nitrogens with two attached hydrogens (primary N) is 1. The molecular formula is C21H20ClFN2O2S. The predicted octanol–water partition coefficient (Wildman–Crippen LogP) is 5.94. The highest BCUT2D eigenvalue weighted by Crippen LogP contribution is 2.42. The van der Waals surface area contributed by atoms with Crippen molar-refractivity contribution in [1.29, 1.82) is 0 Å². The summed E-state index contributed by atoms with van der Waals surface area (Å²) in [5.41, 5.74) is 10.5. The van der Waals surface area contributed by atoms with E-state index in [0.29, 0.717) is 16.7 Å². The Bertz CT molecular complexity index is 1040. The molecule has 1 aromatic heterocycles. The summed E-state index contributed by atoms with van der Waals surface area (Å²) in [6, 6.07) is 8.61. The summed E-state index contributed by atoms with van der Waals surface area (Å²) in [5.74, 6) is -1.41. The first-order valence-corrected chi connectivity index (χ1v) is 10.0. The number of aryl methyl sites for hydroxylation is 2. The maximum Gasteiger partial charge on any atom is 0.170 e. The van der Waals surface area contributed by atoms with E-state index in [1.807, 2.05) is 30.5 Å².